The zero-order valence-electron chi connectivity index (χ0n) is 9.97. The Morgan fingerprint density at radius 2 is 1.94 bits per heavy atom. The Balaban J connectivity index is 2.34. The van der Waals surface area contributed by atoms with Gasteiger partial charge in [-0.25, -0.2) is 9.37 Å². The van der Waals surface area contributed by atoms with Gasteiger partial charge in [0.2, 0.25) is 0 Å². The molecule has 1 heterocycles. The van der Waals surface area contributed by atoms with E-state index < -0.39 is 5.82 Å². The quantitative estimate of drug-likeness (QED) is 0.734. The van der Waals surface area contributed by atoms with Gasteiger partial charge in [0, 0.05) is 21.8 Å². The van der Waals surface area contributed by atoms with E-state index in [1.54, 1.807) is 6.07 Å². The maximum absolute atomic E-state index is 13.9. The van der Waals surface area contributed by atoms with Crippen LogP contribution in [0.3, 0.4) is 0 Å². The van der Waals surface area contributed by atoms with Crippen LogP contribution in [0.1, 0.15) is 30.5 Å². The molecular formula is C14H14ClFN2. The number of aromatic nitrogens is 1. The monoisotopic (exact) mass is 264 g/mol. The Morgan fingerprint density at radius 3 is 2.78 bits per heavy atom. The van der Waals surface area contributed by atoms with Crippen LogP contribution in [0, 0.1) is 5.82 Å². The number of aryl methyl sites for hydroxylation is 1. The zero-order chi connectivity index (χ0) is 12.7. The summed E-state index contributed by atoms with van der Waals surface area (Å²) < 4.78 is 13.9. The van der Waals surface area contributed by atoms with E-state index in [0.717, 1.165) is 36.9 Å². The van der Waals surface area contributed by atoms with Gasteiger partial charge in [-0.2, -0.15) is 0 Å². The minimum absolute atomic E-state index is 0.345. The Hall–Kier alpha value is -1.35. The number of hydrogen-bond acceptors (Lipinski definition) is 2. The van der Waals surface area contributed by atoms with Gasteiger partial charge in [-0.05, 0) is 43.4 Å². The first kappa shape index (κ1) is 11.7. The van der Waals surface area contributed by atoms with Crippen LogP contribution >= 0.6 is 11.6 Å². The lowest BCUT2D eigenvalue weighted by atomic mass is 10.0. The molecule has 18 heavy (non-hydrogen) atoms. The number of hydrogen-bond donors (Lipinski definition) is 1. The van der Waals surface area contributed by atoms with Gasteiger partial charge >= 0.3 is 0 Å². The highest BCUT2D eigenvalue weighted by Gasteiger charge is 2.17. The van der Waals surface area contributed by atoms with Crippen LogP contribution in [0.25, 0.3) is 10.9 Å². The highest BCUT2D eigenvalue weighted by molar-refractivity contribution is 6.31. The average molecular weight is 265 g/mol. The molecule has 2 aromatic rings. The Kier molecular flexibility index (Phi) is 2.86. The minimum Gasteiger partial charge on any atom is -0.398 e. The van der Waals surface area contributed by atoms with Gasteiger partial charge in [-0.1, -0.05) is 18.0 Å². The normalized spacial score (nSPS) is 15.4. The van der Waals surface area contributed by atoms with Gasteiger partial charge < -0.3 is 5.73 Å². The molecule has 0 saturated heterocycles. The zero-order valence-corrected chi connectivity index (χ0v) is 10.7. The summed E-state index contributed by atoms with van der Waals surface area (Å²) in [6.45, 7) is 0. The van der Waals surface area contributed by atoms with Crippen LogP contribution in [-0.2, 0) is 12.8 Å². The number of nitrogens with two attached hydrogens (primary N) is 1. The molecule has 0 unspecified atom stereocenters. The number of pyridine rings is 1. The molecule has 1 aromatic heterocycles. The highest BCUT2D eigenvalue weighted by Crippen LogP contribution is 2.33. The van der Waals surface area contributed by atoms with Crippen LogP contribution in [0.15, 0.2) is 12.1 Å². The first-order valence-corrected chi connectivity index (χ1v) is 6.60. The third-order valence-electron chi connectivity index (χ3n) is 3.58. The molecule has 4 heteroatoms. The van der Waals surface area contributed by atoms with Crippen molar-refractivity contribution >= 4 is 28.2 Å². The van der Waals surface area contributed by atoms with Gasteiger partial charge in [0.25, 0.3) is 0 Å². The number of nitrogens with zero attached hydrogens (tertiary/aromatic N) is 1. The van der Waals surface area contributed by atoms with Crippen molar-refractivity contribution in [1.29, 1.82) is 0 Å². The van der Waals surface area contributed by atoms with E-state index in [-0.39, 0.29) is 0 Å². The molecule has 3 rings (SSSR count). The molecule has 0 bridgehead atoms. The molecule has 94 valence electrons. The third kappa shape index (κ3) is 1.83. The van der Waals surface area contributed by atoms with Crippen LogP contribution in [0.5, 0.6) is 0 Å². The van der Waals surface area contributed by atoms with Gasteiger partial charge in [0.05, 0.1) is 0 Å². The fraction of sp³-hybridized carbons (Fsp3) is 0.357. The van der Waals surface area contributed by atoms with Crippen molar-refractivity contribution in [2.75, 3.05) is 5.73 Å². The van der Waals surface area contributed by atoms with E-state index in [9.17, 15) is 4.39 Å². The van der Waals surface area contributed by atoms with Gasteiger partial charge in [0.1, 0.15) is 5.52 Å². The Morgan fingerprint density at radius 1 is 1.17 bits per heavy atom. The van der Waals surface area contributed by atoms with E-state index in [4.69, 9.17) is 17.3 Å². The summed E-state index contributed by atoms with van der Waals surface area (Å²) in [4.78, 5) is 4.46. The van der Waals surface area contributed by atoms with Gasteiger partial charge in [0.15, 0.2) is 5.82 Å². The van der Waals surface area contributed by atoms with E-state index in [2.05, 4.69) is 4.98 Å². The summed E-state index contributed by atoms with van der Waals surface area (Å²) >= 11 is 5.89. The van der Waals surface area contributed by atoms with Gasteiger partial charge in [-0.3, -0.25) is 0 Å². The Labute approximate surface area is 110 Å². The van der Waals surface area contributed by atoms with Crippen molar-refractivity contribution in [2.45, 2.75) is 32.1 Å². The third-order valence-corrected chi connectivity index (χ3v) is 3.80. The van der Waals surface area contributed by atoms with E-state index in [1.807, 2.05) is 0 Å². The van der Waals surface area contributed by atoms with E-state index >= 15 is 0 Å². The van der Waals surface area contributed by atoms with Crippen molar-refractivity contribution in [3.63, 3.8) is 0 Å². The molecule has 1 aliphatic rings. The maximum atomic E-state index is 13.9. The molecule has 1 aromatic carbocycles. The van der Waals surface area contributed by atoms with Crippen LogP contribution < -0.4 is 5.73 Å². The minimum atomic E-state index is -0.392. The first-order chi connectivity index (χ1) is 8.66. The average Bonchev–Trinajstić information content (AvgIpc) is 2.56. The number of anilines is 1. The summed E-state index contributed by atoms with van der Waals surface area (Å²) in [7, 11) is 0. The fourth-order valence-electron chi connectivity index (χ4n) is 2.66. The smallest absolute Gasteiger partial charge is 0.150 e. The molecule has 0 radical (unpaired) electrons. The summed E-state index contributed by atoms with van der Waals surface area (Å²) in [6.07, 6.45) is 5.21. The molecule has 0 aliphatic heterocycles. The molecule has 0 saturated carbocycles. The largest absolute Gasteiger partial charge is 0.398 e. The van der Waals surface area contributed by atoms with Crippen LogP contribution in [-0.4, -0.2) is 4.98 Å². The molecule has 2 nitrogen and oxygen atoms in total. The summed E-state index contributed by atoms with van der Waals surface area (Å²) in [5.41, 5.74) is 9.22. The number of benzene rings is 1. The number of nitrogen functional groups attached to an aromatic ring is 1. The second-order valence-corrected chi connectivity index (χ2v) is 5.23. The summed E-state index contributed by atoms with van der Waals surface area (Å²) in [5, 5.41) is 1.00. The lowest BCUT2D eigenvalue weighted by Crippen LogP contribution is -2.04. The Bertz CT molecular complexity index is 625. The predicted molar refractivity (Wildman–Crippen MR) is 72.4 cm³/mol. The second-order valence-electron chi connectivity index (χ2n) is 4.80. The summed E-state index contributed by atoms with van der Waals surface area (Å²) in [6, 6.07) is 2.99. The standard InChI is InChI=1S/C14H14ClFN2/c15-8-6-10-13(17)9-4-2-1-3-5-12(9)18-14(10)11(16)7-8/h6-7H,1-5H2,(H2,17,18). The number of fused-ring (bicyclic) bond motifs is 2. The molecule has 0 fully saturated rings. The van der Waals surface area contributed by atoms with Crippen molar-refractivity contribution in [3.05, 3.63) is 34.2 Å². The molecule has 0 spiro atoms. The predicted octanol–water partition coefficient (Wildman–Crippen LogP) is 3.88. The lowest BCUT2D eigenvalue weighted by molar-refractivity contribution is 0.636. The van der Waals surface area contributed by atoms with Crippen LogP contribution in [0.4, 0.5) is 10.1 Å². The van der Waals surface area contributed by atoms with E-state index in [0.29, 0.717) is 21.6 Å². The highest BCUT2D eigenvalue weighted by atomic mass is 35.5. The van der Waals surface area contributed by atoms with Crippen LogP contribution in [0.2, 0.25) is 5.02 Å². The van der Waals surface area contributed by atoms with Crippen molar-refractivity contribution in [3.8, 4) is 0 Å². The van der Waals surface area contributed by atoms with E-state index in [1.165, 1.54) is 12.5 Å². The van der Waals surface area contributed by atoms with Crippen molar-refractivity contribution in [2.24, 2.45) is 0 Å². The SMILES string of the molecule is Nc1c2c(nc3c(F)cc(Cl)cc13)CCCCC2. The first-order valence-electron chi connectivity index (χ1n) is 6.23. The molecule has 2 N–H and O–H groups in total. The molecular weight excluding hydrogens is 251 g/mol. The molecule has 1 aliphatic carbocycles. The molecule has 0 atom stereocenters. The maximum Gasteiger partial charge on any atom is 0.150 e. The molecule has 0 amide bonds. The summed E-state index contributed by atoms with van der Waals surface area (Å²) in [5.74, 6) is -0.392. The topological polar surface area (TPSA) is 38.9 Å². The van der Waals surface area contributed by atoms with Crippen molar-refractivity contribution < 1.29 is 4.39 Å². The number of rotatable bonds is 0. The second kappa shape index (κ2) is 4.39. The lowest BCUT2D eigenvalue weighted by Gasteiger charge is -2.12. The van der Waals surface area contributed by atoms with Crippen molar-refractivity contribution in [1.82, 2.24) is 4.98 Å². The number of halogens is 2. The fourth-order valence-corrected chi connectivity index (χ4v) is 2.87. The van der Waals surface area contributed by atoms with Gasteiger partial charge in [-0.15, -0.1) is 0 Å².